The molecule has 2 rings (SSSR count). The number of allylic oxidation sites excluding steroid dienone is 5. The van der Waals surface area contributed by atoms with Crippen molar-refractivity contribution in [2.45, 2.75) is 65.7 Å². The Balaban J connectivity index is 2.41. The molecule has 178 valence electrons. The fourth-order valence-corrected chi connectivity index (χ4v) is 4.28. The van der Waals surface area contributed by atoms with Gasteiger partial charge in [-0.2, -0.15) is 0 Å². The number of pyridine rings is 1. The second-order valence-electron chi connectivity index (χ2n) is 9.44. The number of rotatable bonds is 11. The fourth-order valence-electron chi connectivity index (χ4n) is 4.28. The molecule has 1 amide bonds. The van der Waals surface area contributed by atoms with E-state index < -0.39 is 5.67 Å². The van der Waals surface area contributed by atoms with Gasteiger partial charge in [-0.15, -0.1) is 5.73 Å². The van der Waals surface area contributed by atoms with E-state index in [0.29, 0.717) is 36.5 Å². The quantitative estimate of drug-likeness (QED) is 0.300. The second-order valence-corrected chi connectivity index (χ2v) is 9.44. The molecule has 0 spiro atoms. The SMILES string of the molecule is C=C=C(C=C)c1nccc2c1CN(C(C)/C(=C/C(C)=C/CCC)CN(C)CC(C)(C)F)C2=O. The topological polar surface area (TPSA) is 36.4 Å². The lowest BCUT2D eigenvalue weighted by atomic mass is 10.0. The van der Waals surface area contributed by atoms with Crippen LogP contribution in [0.3, 0.4) is 0 Å². The van der Waals surface area contributed by atoms with Crippen LogP contribution in [0.5, 0.6) is 0 Å². The van der Waals surface area contributed by atoms with E-state index in [-0.39, 0.29) is 11.9 Å². The molecule has 4 nitrogen and oxygen atoms in total. The van der Waals surface area contributed by atoms with Gasteiger partial charge >= 0.3 is 0 Å². The van der Waals surface area contributed by atoms with Crippen molar-refractivity contribution in [1.29, 1.82) is 0 Å². The summed E-state index contributed by atoms with van der Waals surface area (Å²) in [5, 5.41) is 0. The first kappa shape index (κ1) is 26.5. The van der Waals surface area contributed by atoms with Gasteiger partial charge in [0, 0.05) is 42.5 Å². The highest BCUT2D eigenvalue weighted by Gasteiger charge is 2.35. The van der Waals surface area contributed by atoms with Gasteiger partial charge in [0.15, 0.2) is 0 Å². The minimum atomic E-state index is -1.30. The Morgan fingerprint density at radius 2 is 2.15 bits per heavy atom. The van der Waals surface area contributed by atoms with Crippen LogP contribution in [0.1, 0.15) is 69.1 Å². The number of amides is 1. The lowest BCUT2D eigenvalue weighted by Crippen LogP contribution is -2.40. The molecule has 0 bridgehead atoms. The van der Waals surface area contributed by atoms with Crippen molar-refractivity contribution in [3.05, 3.63) is 77.3 Å². The van der Waals surface area contributed by atoms with Crippen molar-refractivity contribution in [2.24, 2.45) is 0 Å². The van der Waals surface area contributed by atoms with Gasteiger partial charge in [0.2, 0.25) is 0 Å². The Bertz CT molecular complexity index is 993. The predicted octanol–water partition coefficient (Wildman–Crippen LogP) is 6.13. The highest BCUT2D eigenvalue weighted by atomic mass is 19.1. The minimum Gasteiger partial charge on any atom is -0.328 e. The van der Waals surface area contributed by atoms with Crippen LogP contribution in [0.4, 0.5) is 4.39 Å². The molecule has 0 radical (unpaired) electrons. The van der Waals surface area contributed by atoms with Crippen LogP contribution in [-0.2, 0) is 6.54 Å². The molecular weight excluding hydrogens is 413 g/mol. The Morgan fingerprint density at radius 3 is 2.73 bits per heavy atom. The summed E-state index contributed by atoms with van der Waals surface area (Å²) in [5.74, 6) is -0.0248. The van der Waals surface area contributed by atoms with Crippen molar-refractivity contribution >= 4 is 11.5 Å². The molecule has 0 aliphatic carbocycles. The van der Waals surface area contributed by atoms with Gasteiger partial charge in [0.25, 0.3) is 5.91 Å². The van der Waals surface area contributed by atoms with E-state index in [4.69, 9.17) is 0 Å². The van der Waals surface area contributed by atoms with E-state index in [0.717, 1.165) is 29.6 Å². The zero-order valence-electron chi connectivity index (χ0n) is 21.0. The Labute approximate surface area is 198 Å². The van der Waals surface area contributed by atoms with Crippen molar-refractivity contribution in [2.75, 3.05) is 20.1 Å². The highest BCUT2D eigenvalue weighted by molar-refractivity contribution is 6.00. The standard InChI is InChI=1S/C28H38FN3O/c1-9-12-13-20(4)16-23(17-31(8)19-28(6,7)29)21(5)32-18-25-24(27(32)33)14-15-30-26(25)22(10-2)11-3/h10,13-16,21H,2-3,9,12,17-19H2,1,4-8H3/b20-13+,23-16+. The lowest BCUT2D eigenvalue weighted by molar-refractivity contribution is 0.0732. The molecule has 0 saturated heterocycles. The van der Waals surface area contributed by atoms with Crippen LogP contribution in [0.2, 0.25) is 0 Å². The molecule has 1 atom stereocenters. The van der Waals surface area contributed by atoms with E-state index in [1.165, 1.54) is 0 Å². The molecule has 33 heavy (non-hydrogen) atoms. The molecule has 0 fully saturated rings. The number of carbonyl (C=O) groups excluding carboxylic acids is 1. The van der Waals surface area contributed by atoms with E-state index in [2.05, 4.69) is 49.9 Å². The second kappa shape index (κ2) is 11.4. The first-order chi connectivity index (χ1) is 15.5. The predicted molar refractivity (Wildman–Crippen MR) is 136 cm³/mol. The van der Waals surface area contributed by atoms with Crippen LogP contribution in [0.15, 0.2) is 60.5 Å². The van der Waals surface area contributed by atoms with E-state index in [9.17, 15) is 9.18 Å². The van der Waals surface area contributed by atoms with Crippen LogP contribution in [0, 0.1) is 0 Å². The molecular formula is C28H38FN3O. The van der Waals surface area contributed by atoms with Gasteiger partial charge in [0.05, 0.1) is 11.7 Å². The Kier molecular flexibility index (Phi) is 9.16. The molecule has 1 aliphatic rings. The minimum absolute atomic E-state index is 0.0248. The summed E-state index contributed by atoms with van der Waals surface area (Å²) in [6.07, 6.45) is 9.73. The van der Waals surface area contributed by atoms with Crippen LogP contribution >= 0.6 is 0 Å². The molecule has 1 aliphatic heterocycles. The van der Waals surface area contributed by atoms with Crippen molar-refractivity contribution in [3.8, 4) is 0 Å². The maximum Gasteiger partial charge on any atom is 0.255 e. The summed E-state index contributed by atoms with van der Waals surface area (Å²) >= 11 is 0. The summed E-state index contributed by atoms with van der Waals surface area (Å²) in [6.45, 7) is 18.3. The van der Waals surface area contributed by atoms with Crippen molar-refractivity contribution in [3.63, 3.8) is 0 Å². The van der Waals surface area contributed by atoms with E-state index in [1.807, 2.05) is 23.8 Å². The molecule has 1 aromatic heterocycles. The number of unbranched alkanes of at least 4 members (excludes halogenated alkanes) is 1. The largest absolute Gasteiger partial charge is 0.328 e. The molecule has 0 aromatic carbocycles. The Morgan fingerprint density at radius 1 is 1.45 bits per heavy atom. The van der Waals surface area contributed by atoms with Gasteiger partial charge in [0.1, 0.15) is 5.67 Å². The third kappa shape index (κ3) is 6.86. The fraction of sp³-hybridized carbons (Fsp3) is 0.464. The summed E-state index contributed by atoms with van der Waals surface area (Å²) in [6, 6.07) is 1.61. The first-order valence-electron chi connectivity index (χ1n) is 11.6. The number of alkyl halides is 1. The summed E-state index contributed by atoms with van der Waals surface area (Å²) < 4.78 is 14.3. The summed E-state index contributed by atoms with van der Waals surface area (Å²) in [4.78, 5) is 21.7. The number of hydrogen-bond acceptors (Lipinski definition) is 3. The van der Waals surface area contributed by atoms with Gasteiger partial charge in [-0.05, 0) is 52.8 Å². The summed E-state index contributed by atoms with van der Waals surface area (Å²) in [5.41, 5.74) is 6.71. The lowest BCUT2D eigenvalue weighted by Gasteiger charge is -2.31. The van der Waals surface area contributed by atoms with Crippen LogP contribution in [-0.4, -0.2) is 52.5 Å². The number of fused-ring (bicyclic) bond motifs is 1. The number of hydrogen-bond donors (Lipinski definition) is 0. The number of nitrogens with zero attached hydrogens (tertiary/aromatic N) is 3. The molecule has 0 saturated carbocycles. The van der Waals surface area contributed by atoms with E-state index >= 15 is 0 Å². The highest BCUT2D eigenvalue weighted by Crippen LogP contribution is 2.32. The maximum absolute atomic E-state index is 14.3. The normalized spacial score (nSPS) is 15.5. The number of aromatic nitrogens is 1. The maximum atomic E-state index is 14.3. The van der Waals surface area contributed by atoms with Crippen molar-refractivity contribution < 1.29 is 9.18 Å². The average molecular weight is 452 g/mol. The third-order valence-electron chi connectivity index (χ3n) is 5.80. The van der Waals surface area contributed by atoms with Gasteiger partial charge in [-0.3, -0.25) is 14.7 Å². The average Bonchev–Trinajstić information content (AvgIpc) is 3.08. The number of likely N-dealkylation sites (N-methyl/N-ethyl adjacent to an activating group) is 1. The first-order valence-corrected chi connectivity index (χ1v) is 11.6. The molecule has 1 aromatic rings. The number of carbonyl (C=O) groups is 1. The van der Waals surface area contributed by atoms with Gasteiger partial charge < -0.3 is 4.90 Å². The molecule has 2 heterocycles. The van der Waals surface area contributed by atoms with E-state index in [1.54, 1.807) is 32.2 Å². The smallest absolute Gasteiger partial charge is 0.255 e. The van der Waals surface area contributed by atoms with Crippen LogP contribution in [0.25, 0.3) is 5.57 Å². The molecule has 1 unspecified atom stereocenters. The van der Waals surface area contributed by atoms with Crippen molar-refractivity contribution in [1.82, 2.24) is 14.8 Å². The van der Waals surface area contributed by atoms with Gasteiger partial charge in [-0.1, -0.05) is 50.3 Å². The van der Waals surface area contributed by atoms with Crippen LogP contribution < -0.4 is 0 Å². The zero-order valence-corrected chi connectivity index (χ0v) is 21.0. The molecule has 0 N–H and O–H groups in total. The number of halogens is 1. The summed E-state index contributed by atoms with van der Waals surface area (Å²) in [7, 11) is 1.92. The molecule has 5 heteroatoms. The Hall–Kier alpha value is -2.75. The third-order valence-corrected chi connectivity index (χ3v) is 5.80. The zero-order chi connectivity index (χ0) is 24.8. The monoisotopic (exact) mass is 451 g/mol. The van der Waals surface area contributed by atoms with Gasteiger partial charge in [-0.25, -0.2) is 4.39 Å².